The molecule has 0 saturated carbocycles. The number of methoxy groups -OCH3 is 2. The number of hydrogen-bond acceptors (Lipinski definition) is 6. The van der Waals surface area contributed by atoms with Crippen LogP contribution < -0.4 is 14.4 Å². The fraction of sp³-hybridized carbons (Fsp3) is 0.267. The van der Waals surface area contributed by atoms with Gasteiger partial charge in [0.25, 0.3) is 5.91 Å². The highest BCUT2D eigenvalue weighted by molar-refractivity contribution is 7.15. The first-order chi connectivity index (χ1) is 10.5. The third kappa shape index (κ3) is 3.62. The first kappa shape index (κ1) is 16.0. The lowest BCUT2D eigenvalue weighted by molar-refractivity contribution is -0.113. The van der Waals surface area contributed by atoms with Gasteiger partial charge in [0, 0.05) is 24.8 Å². The number of rotatable bonds is 5. The summed E-state index contributed by atoms with van der Waals surface area (Å²) in [7, 11) is 4.83. The Hall–Kier alpha value is -2.41. The van der Waals surface area contributed by atoms with Crippen LogP contribution in [0.4, 0.5) is 5.13 Å². The number of amides is 1. The molecule has 22 heavy (non-hydrogen) atoms. The molecule has 1 amide bonds. The van der Waals surface area contributed by atoms with Crippen molar-refractivity contribution in [1.29, 1.82) is 0 Å². The fourth-order valence-electron chi connectivity index (χ4n) is 1.74. The number of hydrogen-bond donors (Lipinski definition) is 0. The smallest absolute Gasteiger partial charge is 0.252 e. The molecule has 0 aliphatic carbocycles. The molecule has 0 aliphatic heterocycles. The summed E-state index contributed by atoms with van der Waals surface area (Å²) < 4.78 is 10.4. The molecule has 0 atom stereocenters. The molecule has 116 valence electrons. The summed E-state index contributed by atoms with van der Waals surface area (Å²) in [6.07, 6.45) is 3.17. The zero-order valence-electron chi connectivity index (χ0n) is 12.9. The summed E-state index contributed by atoms with van der Waals surface area (Å²) in [5.74, 6) is 1.15. The number of ether oxygens (including phenoxy) is 2. The van der Waals surface area contributed by atoms with Crippen LogP contribution in [0.5, 0.6) is 11.5 Å². The zero-order valence-corrected chi connectivity index (χ0v) is 13.7. The number of carbonyl (C=O) groups excluding carboxylic acids is 1. The van der Waals surface area contributed by atoms with E-state index < -0.39 is 0 Å². The molecule has 0 radical (unpaired) electrons. The van der Waals surface area contributed by atoms with E-state index in [1.807, 2.05) is 19.1 Å². The van der Waals surface area contributed by atoms with Gasteiger partial charge >= 0.3 is 0 Å². The monoisotopic (exact) mass is 319 g/mol. The van der Waals surface area contributed by atoms with E-state index in [0.717, 1.165) is 10.6 Å². The Morgan fingerprint density at radius 3 is 2.64 bits per heavy atom. The van der Waals surface area contributed by atoms with E-state index in [4.69, 9.17) is 9.47 Å². The van der Waals surface area contributed by atoms with Crippen molar-refractivity contribution in [3.8, 4) is 11.5 Å². The number of carbonyl (C=O) groups is 1. The van der Waals surface area contributed by atoms with Crippen molar-refractivity contribution in [2.45, 2.75) is 6.92 Å². The zero-order chi connectivity index (χ0) is 16.1. The number of aryl methyl sites for hydroxylation is 1. The lowest BCUT2D eigenvalue weighted by atomic mass is 10.1. The molecule has 0 fully saturated rings. The van der Waals surface area contributed by atoms with E-state index in [0.29, 0.717) is 16.6 Å². The minimum atomic E-state index is -0.186. The van der Waals surface area contributed by atoms with Crippen LogP contribution in [0, 0.1) is 6.92 Å². The predicted octanol–water partition coefficient (Wildman–Crippen LogP) is 2.54. The molecule has 0 aliphatic rings. The van der Waals surface area contributed by atoms with Crippen molar-refractivity contribution in [3.05, 3.63) is 34.8 Å². The van der Waals surface area contributed by atoms with Crippen molar-refractivity contribution >= 4 is 28.5 Å². The Balaban J connectivity index is 2.15. The van der Waals surface area contributed by atoms with Gasteiger partial charge in [-0.05, 0) is 25.1 Å². The van der Waals surface area contributed by atoms with Gasteiger partial charge in [-0.25, -0.2) is 0 Å². The second-order valence-electron chi connectivity index (χ2n) is 4.44. The molecule has 0 spiro atoms. The number of aromatic nitrogens is 2. The van der Waals surface area contributed by atoms with Crippen molar-refractivity contribution < 1.29 is 14.3 Å². The van der Waals surface area contributed by atoms with Crippen molar-refractivity contribution in [3.63, 3.8) is 0 Å². The highest BCUT2D eigenvalue weighted by Gasteiger charge is 2.12. The van der Waals surface area contributed by atoms with Gasteiger partial charge in [-0.1, -0.05) is 11.3 Å². The van der Waals surface area contributed by atoms with Crippen molar-refractivity contribution in [1.82, 2.24) is 10.2 Å². The Morgan fingerprint density at radius 2 is 2.05 bits per heavy atom. The van der Waals surface area contributed by atoms with E-state index in [9.17, 15) is 4.79 Å². The van der Waals surface area contributed by atoms with E-state index in [1.54, 1.807) is 33.4 Å². The minimum absolute atomic E-state index is 0.186. The Labute approximate surface area is 133 Å². The van der Waals surface area contributed by atoms with Gasteiger partial charge in [0.2, 0.25) is 5.13 Å². The van der Waals surface area contributed by atoms with Gasteiger partial charge in [0.05, 0.1) is 14.2 Å². The molecule has 7 heteroatoms. The van der Waals surface area contributed by atoms with Gasteiger partial charge in [0.1, 0.15) is 16.5 Å². The normalized spacial score (nSPS) is 10.7. The maximum absolute atomic E-state index is 12.2. The molecule has 0 bridgehead atoms. The van der Waals surface area contributed by atoms with Crippen LogP contribution >= 0.6 is 11.3 Å². The summed E-state index contributed by atoms with van der Waals surface area (Å²) in [5.41, 5.74) is 0.790. The first-order valence-corrected chi connectivity index (χ1v) is 7.34. The topological polar surface area (TPSA) is 64.5 Å². The average molecular weight is 319 g/mol. The van der Waals surface area contributed by atoms with Crippen LogP contribution in [-0.2, 0) is 4.79 Å². The third-order valence-corrected chi connectivity index (χ3v) is 3.89. The van der Waals surface area contributed by atoms with Gasteiger partial charge < -0.3 is 9.47 Å². The lowest BCUT2D eigenvalue weighted by Crippen LogP contribution is -2.23. The highest BCUT2D eigenvalue weighted by atomic mass is 32.1. The molecule has 6 nitrogen and oxygen atoms in total. The van der Waals surface area contributed by atoms with E-state index in [-0.39, 0.29) is 5.91 Å². The Morgan fingerprint density at radius 1 is 1.27 bits per heavy atom. The van der Waals surface area contributed by atoms with E-state index in [1.165, 1.54) is 22.3 Å². The van der Waals surface area contributed by atoms with Gasteiger partial charge in [-0.3, -0.25) is 9.69 Å². The SMILES string of the molecule is COc1ccc(C=CC(=O)N(C)c2nnc(C)s2)c(OC)c1. The van der Waals surface area contributed by atoms with Crippen LogP contribution in [0.15, 0.2) is 24.3 Å². The molecular weight excluding hydrogens is 302 g/mol. The standard InChI is InChI=1S/C15H17N3O3S/c1-10-16-17-15(22-10)18(2)14(19)8-6-11-5-7-12(20-3)9-13(11)21-4/h5-9H,1-4H3. The van der Waals surface area contributed by atoms with Gasteiger partial charge in [-0.15, -0.1) is 10.2 Å². The average Bonchev–Trinajstić information content (AvgIpc) is 2.98. The summed E-state index contributed by atoms with van der Waals surface area (Å²) >= 11 is 1.37. The van der Waals surface area contributed by atoms with Crippen LogP contribution in [0.25, 0.3) is 6.08 Å². The Bertz CT molecular complexity index is 697. The summed E-state index contributed by atoms with van der Waals surface area (Å²) in [4.78, 5) is 13.6. The van der Waals surface area contributed by atoms with Gasteiger partial charge in [0.15, 0.2) is 0 Å². The largest absolute Gasteiger partial charge is 0.497 e. The predicted molar refractivity (Wildman–Crippen MR) is 86.6 cm³/mol. The maximum Gasteiger partial charge on any atom is 0.252 e. The van der Waals surface area contributed by atoms with E-state index in [2.05, 4.69) is 10.2 Å². The quantitative estimate of drug-likeness (QED) is 0.792. The Kier molecular flexibility index (Phi) is 5.11. The molecule has 1 aromatic carbocycles. The van der Waals surface area contributed by atoms with Crippen LogP contribution in [0.1, 0.15) is 10.6 Å². The highest BCUT2D eigenvalue weighted by Crippen LogP contribution is 2.26. The van der Waals surface area contributed by atoms with Gasteiger partial charge in [-0.2, -0.15) is 0 Å². The number of nitrogens with zero attached hydrogens (tertiary/aromatic N) is 3. The second kappa shape index (κ2) is 7.04. The number of anilines is 1. The molecule has 1 heterocycles. The van der Waals surface area contributed by atoms with Crippen molar-refractivity contribution in [2.24, 2.45) is 0 Å². The summed E-state index contributed by atoms with van der Waals surface area (Å²) in [6, 6.07) is 5.41. The van der Waals surface area contributed by atoms with Crippen LogP contribution in [-0.4, -0.2) is 37.4 Å². The molecular formula is C15H17N3O3S. The summed E-state index contributed by atoms with van der Waals surface area (Å²) in [6.45, 7) is 1.84. The van der Waals surface area contributed by atoms with Crippen LogP contribution in [0.2, 0.25) is 0 Å². The molecule has 2 rings (SSSR count). The molecule has 0 N–H and O–H groups in total. The van der Waals surface area contributed by atoms with Crippen molar-refractivity contribution in [2.75, 3.05) is 26.2 Å². The molecule has 0 saturated heterocycles. The summed E-state index contributed by atoms with van der Waals surface area (Å²) in [5, 5.41) is 9.23. The second-order valence-corrected chi connectivity index (χ2v) is 5.60. The first-order valence-electron chi connectivity index (χ1n) is 6.53. The maximum atomic E-state index is 12.2. The van der Waals surface area contributed by atoms with E-state index >= 15 is 0 Å². The third-order valence-electron chi connectivity index (χ3n) is 2.98. The molecule has 0 unspecified atom stereocenters. The number of likely N-dealkylation sites (N-methyl/N-ethyl adjacent to an activating group) is 1. The molecule has 2 aromatic rings. The van der Waals surface area contributed by atoms with Crippen LogP contribution in [0.3, 0.4) is 0 Å². The molecule has 1 aromatic heterocycles. The lowest BCUT2D eigenvalue weighted by Gasteiger charge is -2.10. The minimum Gasteiger partial charge on any atom is -0.497 e. The number of benzene rings is 1. The fourth-order valence-corrected chi connectivity index (χ4v) is 2.40.